The molecule has 156 valence electrons. The molecule has 1 atom stereocenters. The number of likely N-dealkylation sites (tertiary alicyclic amines) is 1. The van der Waals surface area contributed by atoms with Crippen molar-refractivity contribution in [3.05, 3.63) is 46.5 Å². The summed E-state index contributed by atoms with van der Waals surface area (Å²) in [5.74, 6) is 1.25. The zero-order valence-corrected chi connectivity index (χ0v) is 17.8. The van der Waals surface area contributed by atoms with E-state index in [2.05, 4.69) is 20.1 Å². The van der Waals surface area contributed by atoms with Gasteiger partial charge in [0.15, 0.2) is 0 Å². The summed E-state index contributed by atoms with van der Waals surface area (Å²) in [6, 6.07) is 5.99. The van der Waals surface area contributed by atoms with Crippen LogP contribution in [0.2, 0.25) is 0 Å². The van der Waals surface area contributed by atoms with Gasteiger partial charge in [0.25, 0.3) is 0 Å². The summed E-state index contributed by atoms with van der Waals surface area (Å²) in [7, 11) is 0. The first-order valence-corrected chi connectivity index (χ1v) is 11.6. The molecule has 7 nitrogen and oxygen atoms in total. The Kier molecular flexibility index (Phi) is 5.48. The van der Waals surface area contributed by atoms with Gasteiger partial charge in [-0.2, -0.15) is 5.10 Å². The number of aromatic amines is 1. The number of anilines is 1. The van der Waals surface area contributed by atoms with Crippen molar-refractivity contribution in [3.63, 3.8) is 0 Å². The van der Waals surface area contributed by atoms with E-state index >= 15 is 0 Å². The van der Waals surface area contributed by atoms with Gasteiger partial charge in [0.2, 0.25) is 11.9 Å². The van der Waals surface area contributed by atoms with Crippen molar-refractivity contribution in [2.75, 3.05) is 31.1 Å². The summed E-state index contributed by atoms with van der Waals surface area (Å²) in [5, 5.41) is 9.56. The van der Waals surface area contributed by atoms with E-state index in [0.29, 0.717) is 6.42 Å². The molecule has 2 aliphatic rings. The van der Waals surface area contributed by atoms with Gasteiger partial charge < -0.3 is 9.80 Å². The Bertz CT molecular complexity index is 995. The van der Waals surface area contributed by atoms with Crippen molar-refractivity contribution >= 4 is 23.2 Å². The fourth-order valence-corrected chi connectivity index (χ4v) is 5.19. The van der Waals surface area contributed by atoms with Gasteiger partial charge in [-0.15, -0.1) is 11.3 Å². The van der Waals surface area contributed by atoms with Crippen molar-refractivity contribution in [3.8, 4) is 11.3 Å². The quantitative estimate of drug-likeness (QED) is 0.681. The highest BCUT2D eigenvalue weighted by atomic mass is 32.1. The standard InChI is InChI=1S/C22H26N6OS/c29-20(13-17-6-4-12-30-17)28-11-3-5-16(15-28)21-18(14-24-26-21)19-7-8-23-22(25-19)27-9-1-2-10-27/h4,6-8,12,14,16H,1-3,5,9-11,13,15H2,(H,24,26). The number of H-pyrrole nitrogens is 1. The summed E-state index contributed by atoms with van der Waals surface area (Å²) in [5.41, 5.74) is 3.00. The lowest BCUT2D eigenvalue weighted by atomic mass is 9.91. The number of amides is 1. The van der Waals surface area contributed by atoms with Gasteiger partial charge in [0.1, 0.15) is 0 Å². The number of nitrogens with one attached hydrogen (secondary N) is 1. The van der Waals surface area contributed by atoms with Crippen LogP contribution >= 0.6 is 11.3 Å². The van der Waals surface area contributed by atoms with Gasteiger partial charge in [0, 0.05) is 54.4 Å². The highest BCUT2D eigenvalue weighted by Gasteiger charge is 2.28. The predicted molar refractivity (Wildman–Crippen MR) is 118 cm³/mol. The second kappa shape index (κ2) is 8.55. The van der Waals surface area contributed by atoms with Crippen molar-refractivity contribution < 1.29 is 4.79 Å². The number of aromatic nitrogens is 4. The van der Waals surface area contributed by atoms with E-state index in [0.717, 1.165) is 66.8 Å². The van der Waals surface area contributed by atoms with Crippen molar-refractivity contribution in [2.45, 2.75) is 38.0 Å². The molecule has 0 aliphatic carbocycles. The first-order chi connectivity index (χ1) is 14.8. The van der Waals surface area contributed by atoms with E-state index in [4.69, 9.17) is 4.98 Å². The molecular formula is C22H26N6OS. The fraction of sp³-hybridized carbons (Fsp3) is 0.455. The molecule has 8 heteroatoms. The lowest BCUT2D eigenvalue weighted by Gasteiger charge is -2.32. The van der Waals surface area contributed by atoms with Crippen LogP contribution in [0.15, 0.2) is 36.0 Å². The fourth-order valence-electron chi connectivity index (χ4n) is 4.49. The van der Waals surface area contributed by atoms with Crippen LogP contribution in [0.1, 0.15) is 42.2 Å². The number of piperidine rings is 1. The van der Waals surface area contributed by atoms with Gasteiger partial charge in [-0.05, 0) is 43.2 Å². The summed E-state index contributed by atoms with van der Waals surface area (Å²) in [6.45, 7) is 3.59. The van der Waals surface area contributed by atoms with E-state index in [-0.39, 0.29) is 11.8 Å². The van der Waals surface area contributed by atoms with Gasteiger partial charge in [-0.1, -0.05) is 6.07 Å². The minimum Gasteiger partial charge on any atom is -0.342 e. The molecule has 5 rings (SSSR count). The van der Waals surface area contributed by atoms with Crippen LogP contribution in [0.25, 0.3) is 11.3 Å². The molecule has 1 unspecified atom stereocenters. The molecule has 2 aliphatic heterocycles. The minimum atomic E-state index is 0.210. The van der Waals surface area contributed by atoms with Gasteiger partial charge in [0.05, 0.1) is 18.3 Å². The van der Waals surface area contributed by atoms with Crippen molar-refractivity contribution in [1.29, 1.82) is 0 Å². The van der Waals surface area contributed by atoms with Crippen LogP contribution in [0, 0.1) is 0 Å². The van der Waals surface area contributed by atoms with E-state index < -0.39 is 0 Å². The highest BCUT2D eigenvalue weighted by Crippen LogP contribution is 2.33. The Hall–Kier alpha value is -2.74. The third-order valence-electron chi connectivity index (χ3n) is 6.06. The normalized spacial score (nSPS) is 19.4. The van der Waals surface area contributed by atoms with Crippen LogP contribution in [0.3, 0.4) is 0 Å². The maximum Gasteiger partial charge on any atom is 0.227 e. The third-order valence-corrected chi connectivity index (χ3v) is 6.94. The summed E-state index contributed by atoms with van der Waals surface area (Å²) in [4.78, 5) is 27.5. The van der Waals surface area contributed by atoms with Crippen LogP contribution in [-0.4, -0.2) is 57.2 Å². The molecule has 0 spiro atoms. The molecule has 0 saturated carbocycles. The molecule has 3 aromatic heterocycles. The first-order valence-electron chi connectivity index (χ1n) is 10.7. The molecule has 3 aromatic rings. The Labute approximate surface area is 180 Å². The maximum absolute atomic E-state index is 12.8. The number of hydrogen-bond acceptors (Lipinski definition) is 6. The Morgan fingerprint density at radius 3 is 2.93 bits per heavy atom. The van der Waals surface area contributed by atoms with Gasteiger partial charge in [-0.25, -0.2) is 9.97 Å². The average Bonchev–Trinajstić information content (AvgIpc) is 3.56. The average molecular weight is 423 g/mol. The molecular weight excluding hydrogens is 396 g/mol. The van der Waals surface area contributed by atoms with Crippen LogP contribution in [0.5, 0.6) is 0 Å². The molecule has 2 fully saturated rings. The molecule has 5 heterocycles. The SMILES string of the molecule is O=C(Cc1cccs1)N1CCCC(c2[nH]ncc2-c2ccnc(N3CCCC3)n2)C1. The van der Waals surface area contributed by atoms with Crippen molar-refractivity contribution in [1.82, 2.24) is 25.1 Å². The van der Waals surface area contributed by atoms with Crippen molar-refractivity contribution in [2.24, 2.45) is 0 Å². The third kappa shape index (κ3) is 3.96. The molecule has 1 amide bonds. The second-order valence-corrected chi connectivity index (χ2v) is 9.10. The molecule has 0 bridgehead atoms. The minimum absolute atomic E-state index is 0.210. The Morgan fingerprint density at radius 2 is 2.10 bits per heavy atom. The van der Waals surface area contributed by atoms with Gasteiger partial charge >= 0.3 is 0 Å². The maximum atomic E-state index is 12.8. The molecule has 2 saturated heterocycles. The van der Waals surface area contributed by atoms with Gasteiger partial charge in [-0.3, -0.25) is 9.89 Å². The zero-order chi connectivity index (χ0) is 20.3. The second-order valence-electron chi connectivity index (χ2n) is 8.07. The highest BCUT2D eigenvalue weighted by molar-refractivity contribution is 7.10. The monoisotopic (exact) mass is 422 g/mol. The Morgan fingerprint density at radius 1 is 1.20 bits per heavy atom. The smallest absolute Gasteiger partial charge is 0.227 e. The van der Waals surface area contributed by atoms with E-state index in [9.17, 15) is 4.79 Å². The number of rotatable bonds is 5. The zero-order valence-electron chi connectivity index (χ0n) is 17.0. The first kappa shape index (κ1) is 19.2. The Balaban J connectivity index is 1.34. The number of hydrogen-bond donors (Lipinski definition) is 1. The topological polar surface area (TPSA) is 78.0 Å². The number of carbonyl (C=O) groups is 1. The summed E-state index contributed by atoms with van der Waals surface area (Å²) >= 11 is 1.64. The van der Waals surface area contributed by atoms with Crippen LogP contribution in [-0.2, 0) is 11.2 Å². The van der Waals surface area contributed by atoms with Crippen LogP contribution < -0.4 is 4.90 Å². The predicted octanol–water partition coefficient (Wildman–Crippen LogP) is 3.48. The lowest BCUT2D eigenvalue weighted by Crippen LogP contribution is -2.40. The number of thiophene rings is 1. The van der Waals surface area contributed by atoms with E-state index in [1.165, 1.54) is 12.8 Å². The summed E-state index contributed by atoms with van der Waals surface area (Å²) in [6.07, 6.45) is 8.63. The molecule has 0 radical (unpaired) electrons. The molecule has 1 N–H and O–H groups in total. The van der Waals surface area contributed by atoms with Crippen LogP contribution in [0.4, 0.5) is 5.95 Å². The molecule has 30 heavy (non-hydrogen) atoms. The lowest BCUT2D eigenvalue weighted by molar-refractivity contribution is -0.131. The summed E-state index contributed by atoms with van der Waals surface area (Å²) < 4.78 is 0. The van der Waals surface area contributed by atoms with E-state index in [1.54, 1.807) is 11.3 Å². The number of nitrogens with zero attached hydrogens (tertiary/aromatic N) is 5. The number of carbonyl (C=O) groups excluding carboxylic acids is 1. The van der Waals surface area contributed by atoms with E-state index in [1.807, 2.05) is 40.9 Å². The molecule has 0 aromatic carbocycles. The largest absolute Gasteiger partial charge is 0.342 e.